The number of aliphatic imine (C=N–C) groups is 1. The minimum absolute atomic E-state index is 0.147. The zero-order valence-corrected chi connectivity index (χ0v) is 21.6. The van der Waals surface area contributed by atoms with E-state index in [1.807, 2.05) is 7.11 Å². The Balaban J connectivity index is 1.68. The molecule has 0 radical (unpaired) electrons. The Hall–Kier alpha value is -2.12. The summed E-state index contributed by atoms with van der Waals surface area (Å²) in [5.41, 5.74) is 2.45. The summed E-state index contributed by atoms with van der Waals surface area (Å²) in [7, 11) is 1.82. The highest BCUT2D eigenvalue weighted by Gasteiger charge is 2.67. The van der Waals surface area contributed by atoms with Crippen LogP contribution in [-0.2, 0) is 21.5 Å². The lowest BCUT2D eigenvalue weighted by atomic mass is 9.61. The Labute approximate surface area is 205 Å². The zero-order valence-electron chi connectivity index (χ0n) is 21.6. The molecule has 0 saturated heterocycles. The van der Waals surface area contributed by atoms with Crippen LogP contribution in [0.5, 0.6) is 0 Å². The normalized spacial score (nSPS) is 31.9. The molecule has 3 atom stereocenters. The van der Waals surface area contributed by atoms with Crippen LogP contribution in [0.1, 0.15) is 95.8 Å². The van der Waals surface area contributed by atoms with Crippen LogP contribution >= 0.6 is 0 Å². The van der Waals surface area contributed by atoms with Crippen molar-refractivity contribution in [1.82, 2.24) is 4.90 Å². The van der Waals surface area contributed by atoms with Gasteiger partial charge in [-0.15, -0.1) is 0 Å². The fourth-order valence-corrected chi connectivity index (χ4v) is 6.47. The minimum atomic E-state index is -0.819. The van der Waals surface area contributed by atoms with Crippen LogP contribution in [0, 0.1) is 29.1 Å². The fourth-order valence-electron chi connectivity index (χ4n) is 6.47. The first-order chi connectivity index (χ1) is 16.4. The first-order valence-corrected chi connectivity index (χ1v) is 13.5. The van der Waals surface area contributed by atoms with E-state index in [1.54, 1.807) is 0 Å². The monoisotopic (exact) mass is 460 g/mol. The summed E-state index contributed by atoms with van der Waals surface area (Å²) in [4.78, 5) is 22.3. The molecule has 4 heteroatoms. The number of fused-ring (bicyclic) bond motifs is 3. The maximum absolute atomic E-state index is 14.7. The maximum Gasteiger partial charge on any atom is 0.261 e. The smallest absolute Gasteiger partial charge is 0.261 e. The third-order valence-electron chi connectivity index (χ3n) is 9.16. The molecule has 3 unspecified atom stereocenters. The molecule has 182 valence electrons. The van der Waals surface area contributed by atoms with Crippen molar-refractivity contribution in [2.24, 2.45) is 22.2 Å². The fraction of sp³-hybridized carbons (Fsp3) is 0.667. The Kier molecular flexibility index (Phi) is 6.13. The summed E-state index contributed by atoms with van der Waals surface area (Å²) in [6.07, 6.45) is 9.48. The van der Waals surface area contributed by atoms with Gasteiger partial charge in [-0.3, -0.25) is 9.69 Å². The molecule has 1 aliphatic heterocycles. The largest absolute Gasteiger partial charge is 0.381 e. The number of hydrogen-bond donors (Lipinski definition) is 0. The van der Waals surface area contributed by atoms with Crippen molar-refractivity contribution in [2.45, 2.75) is 103 Å². The lowest BCUT2D eigenvalue weighted by Crippen LogP contribution is -2.53. The summed E-state index contributed by atoms with van der Waals surface area (Å²) in [6.45, 7) is 8.77. The Morgan fingerprint density at radius 2 is 1.88 bits per heavy atom. The lowest BCUT2D eigenvalue weighted by Gasteiger charge is -2.45. The molecule has 1 aromatic carbocycles. The standard InChI is InChI=1S/C30H40N2O2/c1-6-20(3)27-31-30(28(33)32(27)21(4)7-2)26-18-23(11-10-22-8-9-22)12-13-24(26)19-29(30)16-14-25(34-5)15-17-29/h12-13,18,20-22,25H,6-9,14-17,19H2,1-5H3. The van der Waals surface area contributed by atoms with E-state index in [0.29, 0.717) is 5.92 Å². The molecule has 4 aliphatic rings. The second-order valence-electron chi connectivity index (χ2n) is 11.2. The number of ether oxygens (including phenoxy) is 1. The van der Waals surface area contributed by atoms with Gasteiger partial charge in [0.2, 0.25) is 0 Å². The third kappa shape index (κ3) is 3.54. The summed E-state index contributed by atoms with van der Waals surface area (Å²) >= 11 is 0. The molecule has 2 spiro atoms. The van der Waals surface area contributed by atoms with Crippen molar-refractivity contribution in [3.63, 3.8) is 0 Å². The quantitative estimate of drug-likeness (QED) is 0.517. The predicted octanol–water partition coefficient (Wildman–Crippen LogP) is 5.86. The van der Waals surface area contributed by atoms with Crippen molar-refractivity contribution >= 4 is 11.7 Å². The number of carbonyl (C=O) groups excluding carboxylic acids is 1. The van der Waals surface area contributed by atoms with Crippen LogP contribution < -0.4 is 0 Å². The third-order valence-corrected chi connectivity index (χ3v) is 9.16. The van der Waals surface area contributed by atoms with Crippen LogP contribution in [0.3, 0.4) is 0 Å². The van der Waals surface area contributed by atoms with Gasteiger partial charge in [0, 0.05) is 36.0 Å². The highest BCUT2D eigenvalue weighted by Crippen LogP contribution is 2.62. The molecule has 5 rings (SSSR count). The van der Waals surface area contributed by atoms with Crippen LogP contribution in [0.15, 0.2) is 23.2 Å². The Bertz CT molecular complexity index is 1050. The maximum atomic E-state index is 14.7. The van der Waals surface area contributed by atoms with E-state index in [9.17, 15) is 4.79 Å². The van der Waals surface area contributed by atoms with E-state index in [1.165, 1.54) is 18.4 Å². The minimum Gasteiger partial charge on any atom is -0.381 e. The van der Waals surface area contributed by atoms with Crippen LogP contribution in [0.4, 0.5) is 0 Å². The summed E-state index contributed by atoms with van der Waals surface area (Å²) in [5, 5.41) is 0. The van der Waals surface area contributed by atoms with Gasteiger partial charge in [0.05, 0.1) is 6.10 Å². The van der Waals surface area contributed by atoms with Gasteiger partial charge >= 0.3 is 0 Å². The number of amides is 1. The van der Waals surface area contributed by atoms with E-state index in [2.05, 4.69) is 62.6 Å². The Morgan fingerprint density at radius 3 is 2.50 bits per heavy atom. The first kappa shape index (κ1) is 23.6. The average Bonchev–Trinajstić information content (AvgIpc) is 3.59. The van der Waals surface area contributed by atoms with Gasteiger partial charge in [-0.1, -0.05) is 38.7 Å². The molecule has 2 saturated carbocycles. The molecule has 1 aromatic rings. The van der Waals surface area contributed by atoms with E-state index in [-0.39, 0.29) is 29.4 Å². The second-order valence-corrected chi connectivity index (χ2v) is 11.2. The second kappa shape index (κ2) is 8.83. The number of methoxy groups -OCH3 is 1. The van der Waals surface area contributed by atoms with E-state index >= 15 is 0 Å². The average molecular weight is 461 g/mol. The van der Waals surface area contributed by atoms with Crippen molar-refractivity contribution in [3.8, 4) is 11.8 Å². The van der Waals surface area contributed by atoms with Crippen LogP contribution in [0.25, 0.3) is 0 Å². The van der Waals surface area contributed by atoms with E-state index < -0.39 is 5.54 Å². The molecule has 4 nitrogen and oxygen atoms in total. The number of hydrogen-bond acceptors (Lipinski definition) is 3. The zero-order chi connectivity index (χ0) is 24.1. The predicted molar refractivity (Wildman–Crippen MR) is 137 cm³/mol. The van der Waals surface area contributed by atoms with Crippen molar-refractivity contribution in [3.05, 3.63) is 34.9 Å². The molecular weight excluding hydrogens is 420 g/mol. The molecule has 0 aromatic heterocycles. The highest BCUT2D eigenvalue weighted by molar-refractivity contribution is 6.10. The van der Waals surface area contributed by atoms with Crippen molar-refractivity contribution in [1.29, 1.82) is 0 Å². The highest BCUT2D eigenvalue weighted by atomic mass is 16.5. The van der Waals surface area contributed by atoms with Gasteiger partial charge in [-0.05, 0) is 88.0 Å². The van der Waals surface area contributed by atoms with Gasteiger partial charge in [-0.25, -0.2) is 4.99 Å². The summed E-state index contributed by atoms with van der Waals surface area (Å²) in [5.74, 6) is 8.84. The molecule has 3 aliphatic carbocycles. The SMILES string of the molecule is CCC(C)C1=NC2(C(=O)N1C(C)CC)c1cc(C#CC3CC3)ccc1CC21CCC(OC)CC1. The number of amidine groups is 1. The van der Waals surface area contributed by atoms with Crippen LogP contribution in [0.2, 0.25) is 0 Å². The van der Waals surface area contributed by atoms with Crippen LogP contribution in [-0.4, -0.2) is 35.9 Å². The number of carbonyl (C=O) groups is 1. The van der Waals surface area contributed by atoms with Gasteiger partial charge in [0.15, 0.2) is 5.54 Å². The lowest BCUT2D eigenvalue weighted by molar-refractivity contribution is -0.139. The van der Waals surface area contributed by atoms with Gasteiger partial charge in [0.25, 0.3) is 5.91 Å². The number of benzene rings is 1. The Morgan fingerprint density at radius 1 is 1.15 bits per heavy atom. The summed E-state index contributed by atoms with van der Waals surface area (Å²) < 4.78 is 5.73. The first-order valence-electron chi connectivity index (χ1n) is 13.5. The van der Waals surface area contributed by atoms with Gasteiger partial charge in [-0.2, -0.15) is 0 Å². The van der Waals surface area contributed by atoms with E-state index in [0.717, 1.165) is 61.9 Å². The van der Waals surface area contributed by atoms with Gasteiger partial charge in [0.1, 0.15) is 5.84 Å². The molecular formula is C30H40N2O2. The van der Waals surface area contributed by atoms with E-state index in [4.69, 9.17) is 9.73 Å². The molecule has 0 bridgehead atoms. The number of rotatable bonds is 5. The number of nitrogens with zero attached hydrogens (tertiary/aromatic N) is 2. The molecule has 2 fully saturated rings. The summed E-state index contributed by atoms with van der Waals surface area (Å²) in [6, 6.07) is 6.77. The van der Waals surface area contributed by atoms with Crippen molar-refractivity contribution < 1.29 is 9.53 Å². The molecule has 0 N–H and O–H groups in total. The van der Waals surface area contributed by atoms with Gasteiger partial charge < -0.3 is 4.74 Å². The topological polar surface area (TPSA) is 41.9 Å². The molecule has 34 heavy (non-hydrogen) atoms. The van der Waals surface area contributed by atoms with Crippen molar-refractivity contribution in [2.75, 3.05) is 7.11 Å². The molecule has 1 heterocycles. The molecule has 1 amide bonds.